The number of rotatable bonds is 16. The lowest BCUT2D eigenvalue weighted by molar-refractivity contribution is -0.114. The molecule has 0 atom stereocenters. The smallest absolute Gasteiger partial charge is 0.154 e. The van der Waals surface area contributed by atoms with E-state index in [1.165, 1.54) is 77.0 Å². The highest BCUT2D eigenvalue weighted by atomic mass is 28.3. The van der Waals surface area contributed by atoms with Gasteiger partial charge in [-0.1, -0.05) is 109 Å². The van der Waals surface area contributed by atoms with Gasteiger partial charge in [0.1, 0.15) is 0 Å². The molecule has 0 rings (SSSR count). The van der Waals surface area contributed by atoms with Gasteiger partial charge < -0.3 is 0 Å². The number of carbonyl (C=O) groups is 1. The number of carbonyl (C=O) groups excluding carboxylic acids is 1. The lowest BCUT2D eigenvalue weighted by Crippen LogP contribution is -2.16. The molecule has 2 heteroatoms. The largest absolute Gasteiger partial charge is 0.295 e. The number of ketones is 1. The lowest BCUT2D eigenvalue weighted by atomic mass is 10.0. The molecule has 0 aromatic rings. The fourth-order valence-electron chi connectivity index (χ4n) is 2.74. The van der Waals surface area contributed by atoms with Crippen LogP contribution in [0.15, 0.2) is 11.8 Å². The Balaban J connectivity index is 3.25. The highest BCUT2D eigenvalue weighted by Gasteiger charge is 2.08. The first-order valence-corrected chi connectivity index (χ1v) is 13.8. The van der Waals surface area contributed by atoms with E-state index in [0.717, 1.165) is 12.8 Å². The third kappa shape index (κ3) is 19.6. The summed E-state index contributed by atoms with van der Waals surface area (Å²) in [5.41, 5.74) is 2.16. The lowest BCUT2D eigenvalue weighted by Gasteiger charge is -2.07. The van der Waals surface area contributed by atoms with Crippen molar-refractivity contribution >= 4 is 13.9 Å². The second-order valence-corrected chi connectivity index (χ2v) is 13.2. The molecule has 0 aromatic carbocycles. The van der Waals surface area contributed by atoms with E-state index in [1.54, 1.807) is 0 Å². The van der Waals surface area contributed by atoms with E-state index < -0.39 is 8.07 Å². The van der Waals surface area contributed by atoms with Crippen molar-refractivity contribution in [1.29, 1.82) is 0 Å². The standard InChI is InChI=1S/C21H42OSi/c1-5-6-7-8-9-10-11-12-13-14-15-16-17-18-21(22)19-20-23(2,3)4/h19-20H,5-18H2,1-4H3/b20-19-. The van der Waals surface area contributed by atoms with Crippen molar-refractivity contribution in [2.75, 3.05) is 0 Å². The van der Waals surface area contributed by atoms with E-state index in [9.17, 15) is 4.79 Å². The van der Waals surface area contributed by atoms with E-state index >= 15 is 0 Å². The molecule has 0 heterocycles. The van der Waals surface area contributed by atoms with E-state index in [4.69, 9.17) is 0 Å². The van der Waals surface area contributed by atoms with Gasteiger partial charge in [0.25, 0.3) is 0 Å². The van der Waals surface area contributed by atoms with Crippen LogP contribution < -0.4 is 0 Å². The van der Waals surface area contributed by atoms with Crippen LogP contribution in [0, 0.1) is 0 Å². The van der Waals surface area contributed by atoms with Gasteiger partial charge in [-0.2, -0.15) is 0 Å². The van der Waals surface area contributed by atoms with Gasteiger partial charge in [-0.15, -0.1) is 0 Å². The molecule has 0 aliphatic rings. The first-order chi connectivity index (χ1) is 11.0. The Bertz CT molecular complexity index is 301. The molecular weight excluding hydrogens is 296 g/mol. The zero-order chi connectivity index (χ0) is 17.4. The van der Waals surface area contributed by atoms with Gasteiger partial charge >= 0.3 is 0 Å². The Hall–Kier alpha value is -0.373. The van der Waals surface area contributed by atoms with E-state index in [-0.39, 0.29) is 0 Å². The van der Waals surface area contributed by atoms with Gasteiger partial charge in [-0.25, -0.2) is 0 Å². The van der Waals surface area contributed by atoms with Crippen LogP contribution >= 0.6 is 0 Å². The molecule has 0 saturated heterocycles. The monoisotopic (exact) mass is 338 g/mol. The van der Waals surface area contributed by atoms with Crippen LogP contribution in [0.3, 0.4) is 0 Å². The maximum atomic E-state index is 11.7. The number of allylic oxidation sites excluding steroid dienone is 1. The molecule has 0 spiro atoms. The molecule has 0 bridgehead atoms. The first-order valence-electron chi connectivity index (χ1n) is 10.2. The number of unbranched alkanes of at least 4 members (excludes halogenated alkanes) is 12. The predicted molar refractivity (Wildman–Crippen MR) is 108 cm³/mol. The quantitative estimate of drug-likeness (QED) is 0.162. The van der Waals surface area contributed by atoms with Crippen molar-refractivity contribution in [3.63, 3.8) is 0 Å². The molecule has 0 aliphatic carbocycles. The van der Waals surface area contributed by atoms with Crippen LogP contribution in [-0.2, 0) is 4.79 Å². The third-order valence-corrected chi connectivity index (χ3v) is 5.46. The summed E-state index contributed by atoms with van der Waals surface area (Å²) in [5.74, 6) is 0.329. The maximum Gasteiger partial charge on any atom is 0.154 e. The van der Waals surface area contributed by atoms with Crippen LogP contribution in [0.25, 0.3) is 0 Å². The zero-order valence-electron chi connectivity index (χ0n) is 16.5. The number of hydrogen-bond acceptors (Lipinski definition) is 1. The molecule has 136 valence electrons. The van der Waals surface area contributed by atoms with Crippen molar-refractivity contribution in [3.05, 3.63) is 11.8 Å². The zero-order valence-corrected chi connectivity index (χ0v) is 17.5. The molecule has 0 saturated carbocycles. The van der Waals surface area contributed by atoms with E-state index in [2.05, 4.69) is 32.3 Å². The van der Waals surface area contributed by atoms with Crippen LogP contribution in [0.4, 0.5) is 0 Å². The summed E-state index contributed by atoms with van der Waals surface area (Å²) >= 11 is 0. The van der Waals surface area contributed by atoms with Crippen LogP contribution in [0.5, 0.6) is 0 Å². The second-order valence-electron chi connectivity index (χ2n) is 8.16. The Morgan fingerprint density at radius 1 is 0.696 bits per heavy atom. The summed E-state index contributed by atoms with van der Waals surface area (Å²) in [7, 11) is -1.21. The summed E-state index contributed by atoms with van der Waals surface area (Å²) in [6, 6.07) is 0. The van der Waals surface area contributed by atoms with Gasteiger partial charge in [-0.05, 0) is 12.5 Å². The third-order valence-electron chi connectivity index (χ3n) is 4.30. The molecule has 0 radical (unpaired) electrons. The summed E-state index contributed by atoms with van der Waals surface area (Å²) < 4.78 is 0. The fraction of sp³-hybridized carbons (Fsp3) is 0.857. The molecule has 0 aromatic heterocycles. The second kappa shape index (κ2) is 15.2. The van der Waals surface area contributed by atoms with Crippen molar-refractivity contribution in [2.24, 2.45) is 0 Å². The normalized spacial score (nSPS) is 12.2. The predicted octanol–water partition coefficient (Wildman–Crippen LogP) is 7.47. The van der Waals surface area contributed by atoms with E-state index in [0.29, 0.717) is 5.78 Å². The Labute approximate surface area is 147 Å². The van der Waals surface area contributed by atoms with Crippen molar-refractivity contribution < 1.29 is 4.79 Å². The van der Waals surface area contributed by atoms with Gasteiger partial charge in [-0.3, -0.25) is 4.79 Å². The fourth-order valence-corrected chi connectivity index (χ4v) is 3.43. The molecule has 1 nitrogen and oxygen atoms in total. The van der Waals surface area contributed by atoms with Gasteiger partial charge in [0, 0.05) is 6.42 Å². The van der Waals surface area contributed by atoms with Crippen LogP contribution in [0.1, 0.15) is 96.8 Å². The Kier molecular flexibility index (Phi) is 14.9. The molecule has 0 amide bonds. The van der Waals surface area contributed by atoms with Crippen LogP contribution in [-0.4, -0.2) is 13.9 Å². The highest BCUT2D eigenvalue weighted by molar-refractivity contribution is 6.81. The van der Waals surface area contributed by atoms with E-state index in [1.807, 2.05) is 6.08 Å². The van der Waals surface area contributed by atoms with Crippen LogP contribution in [0.2, 0.25) is 19.6 Å². The Morgan fingerprint density at radius 2 is 1.09 bits per heavy atom. The van der Waals surface area contributed by atoms with Crippen molar-refractivity contribution in [1.82, 2.24) is 0 Å². The maximum absolute atomic E-state index is 11.7. The minimum Gasteiger partial charge on any atom is -0.295 e. The summed E-state index contributed by atoms with van der Waals surface area (Å²) in [5, 5.41) is 0. The Morgan fingerprint density at radius 3 is 1.48 bits per heavy atom. The average molecular weight is 339 g/mol. The molecular formula is C21H42OSi. The molecule has 0 unspecified atom stereocenters. The summed E-state index contributed by atoms with van der Waals surface area (Å²) in [6.45, 7) is 9.08. The van der Waals surface area contributed by atoms with Gasteiger partial charge in [0.15, 0.2) is 5.78 Å². The van der Waals surface area contributed by atoms with Gasteiger partial charge in [0.05, 0.1) is 8.07 Å². The minimum absolute atomic E-state index is 0.329. The number of hydrogen-bond donors (Lipinski definition) is 0. The summed E-state index contributed by atoms with van der Waals surface area (Å²) in [6.07, 6.45) is 20.3. The SMILES string of the molecule is CCCCCCCCCCCCCCCC(=O)/C=C\[Si](C)(C)C. The molecule has 0 fully saturated rings. The summed E-state index contributed by atoms with van der Waals surface area (Å²) in [4.78, 5) is 11.7. The average Bonchev–Trinajstić information content (AvgIpc) is 2.49. The molecule has 0 N–H and O–H groups in total. The molecule has 23 heavy (non-hydrogen) atoms. The van der Waals surface area contributed by atoms with Crippen molar-refractivity contribution in [2.45, 2.75) is 116 Å². The van der Waals surface area contributed by atoms with Crippen molar-refractivity contribution in [3.8, 4) is 0 Å². The minimum atomic E-state index is -1.21. The topological polar surface area (TPSA) is 17.1 Å². The van der Waals surface area contributed by atoms with Gasteiger partial charge in [0.2, 0.25) is 0 Å². The highest BCUT2D eigenvalue weighted by Crippen LogP contribution is 2.13. The molecule has 0 aliphatic heterocycles. The first kappa shape index (κ1) is 22.6.